The molecule has 88 valence electrons. The monoisotopic (exact) mass is 244 g/mol. The van der Waals surface area contributed by atoms with Crippen molar-refractivity contribution in [3.63, 3.8) is 0 Å². The molecule has 16 heavy (non-hydrogen) atoms. The Hall–Kier alpha value is -1.27. The number of esters is 1. The summed E-state index contributed by atoms with van der Waals surface area (Å²) >= 11 is 1.52. The van der Waals surface area contributed by atoms with Crippen LogP contribution < -0.4 is 9.47 Å². The van der Waals surface area contributed by atoms with Gasteiger partial charge in [-0.3, -0.25) is 0 Å². The van der Waals surface area contributed by atoms with Crippen molar-refractivity contribution in [1.29, 1.82) is 0 Å². The third-order valence-electron chi connectivity index (χ3n) is 2.06. The Morgan fingerprint density at radius 3 is 3.19 bits per heavy atom. The van der Waals surface area contributed by atoms with E-state index in [0.29, 0.717) is 13.2 Å². The number of methoxy groups -OCH3 is 1. The second kappa shape index (κ2) is 5.18. The molecule has 0 N–H and O–H groups in total. The van der Waals surface area contributed by atoms with Gasteiger partial charge in [0.15, 0.2) is 17.6 Å². The van der Waals surface area contributed by atoms with Crippen LogP contribution in [0, 0.1) is 0 Å². The fourth-order valence-corrected chi connectivity index (χ4v) is 1.95. The maximum absolute atomic E-state index is 10.8. The second-order valence-corrected chi connectivity index (χ2v) is 3.99. The van der Waals surface area contributed by atoms with E-state index in [1.807, 2.05) is 10.8 Å². The molecule has 1 aromatic rings. The van der Waals surface area contributed by atoms with Crippen molar-refractivity contribution in [3.8, 4) is 11.5 Å². The van der Waals surface area contributed by atoms with Crippen molar-refractivity contribution in [1.82, 2.24) is 0 Å². The number of carbonyl (C=O) groups is 1. The van der Waals surface area contributed by atoms with Crippen LogP contribution in [0.3, 0.4) is 0 Å². The number of fused-ring (bicyclic) bond motifs is 1. The van der Waals surface area contributed by atoms with E-state index in [1.54, 1.807) is 0 Å². The highest BCUT2D eigenvalue weighted by molar-refractivity contribution is 7.08. The number of rotatable bonds is 4. The predicted molar refractivity (Wildman–Crippen MR) is 57.1 cm³/mol. The molecule has 1 aliphatic rings. The van der Waals surface area contributed by atoms with Crippen LogP contribution in [0.5, 0.6) is 11.5 Å². The van der Waals surface area contributed by atoms with E-state index in [9.17, 15) is 4.79 Å². The van der Waals surface area contributed by atoms with E-state index in [-0.39, 0.29) is 12.7 Å². The van der Waals surface area contributed by atoms with Gasteiger partial charge in [0, 0.05) is 10.8 Å². The van der Waals surface area contributed by atoms with Crippen molar-refractivity contribution in [2.45, 2.75) is 6.10 Å². The van der Waals surface area contributed by atoms with E-state index in [0.717, 1.165) is 11.5 Å². The van der Waals surface area contributed by atoms with Crippen LogP contribution in [-0.2, 0) is 14.3 Å². The average molecular weight is 244 g/mol. The summed E-state index contributed by atoms with van der Waals surface area (Å²) in [5.74, 6) is 1.12. The maximum atomic E-state index is 10.8. The zero-order valence-corrected chi connectivity index (χ0v) is 9.62. The molecule has 0 bridgehead atoms. The van der Waals surface area contributed by atoms with Gasteiger partial charge in [-0.05, 0) is 0 Å². The van der Waals surface area contributed by atoms with Crippen LogP contribution >= 0.6 is 11.3 Å². The number of carbonyl (C=O) groups excluding carboxylic acids is 1. The number of hydrogen-bond acceptors (Lipinski definition) is 6. The van der Waals surface area contributed by atoms with E-state index < -0.39 is 5.97 Å². The van der Waals surface area contributed by atoms with Crippen LogP contribution in [0.2, 0.25) is 0 Å². The molecule has 1 aromatic heterocycles. The normalized spacial score (nSPS) is 18.2. The fraction of sp³-hybridized carbons (Fsp3) is 0.500. The Morgan fingerprint density at radius 1 is 1.56 bits per heavy atom. The van der Waals surface area contributed by atoms with Crippen LogP contribution in [0.1, 0.15) is 0 Å². The first kappa shape index (κ1) is 11.2. The first-order valence-corrected chi connectivity index (χ1v) is 5.74. The predicted octanol–water partition coefficient (Wildman–Crippen LogP) is 1.08. The molecule has 0 radical (unpaired) electrons. The molecule has 5 nitrogen and oxygen atoms in total. The molecular formula is C10H12O5S. The zero-order chi connectivity index (χ0) is 11.4. The van der Waals surface area contributed by atoms with Gasteiger partial charge in [-0.15, -0.1) is 11.3 Å². The molecule has 1 aliphatic heterocycles. The summed E-state index contributed by atoms with van der Waals surface area (Å²) in [5, 5.41) is 3.77. The molecule has 2 heterocycles. The smallest absolute Gasteiger partial charge is 0.331 e. The number of ether oxygens (including phenoxy) is 4. The summed E-state index contributed by atoms with van der Waals surface area (Å²) in [4.78, 5) is 10.8. The quantitative estimate of drug-likeness (QED) is 0.742. The first-order valence-electron chi connectivity index (χ1n) is 4.80. The van der Waals surface area contributed by atoms with Crippen LogP contribution in [0.25, 0.3) is 0 Å². The van der Waals surface area contributed by atoms with Gasteiger partial charge in [0.1, 0.15) is 13.2 Å². The third kappa shape index (κ3) is 2.65. The Morgan fingerprint density at radius 2 is 2.38 bits per heavy atom. The SMILES string of the molecule is COC(=O)COCC1COc2cscc2O1. The highest BCUT2D eigenvalue weighted by atomic mass is 32.1. The van der Waals surface area contributed by atoms with Gasteiger partial charge in [0.05, 0.1) is 13.7 Å². The van der Waals surface area contributed by atoms with E-state index in [1.165, 1.54) is 18.4 Å². The molecule has 0 saturated heterocycles. The van der Waals surface area contributed by atoms with Crippen LogP contribution in [0.15, 0.2) is 10.8 Å². The van der Waals surface area contributed by atoms with Crippen molar-refractivity contribution < 1.29 is 23.7 Å². The summed E-state index contributed by atoms with van der Waals surface area (Å²) in [6.07, 6.45) is -0.174. The molecule has 2 rings (SSSR count). The van der Waals surface area contributed by atoms with Gasteiger partial charge in [0.25, 0.3) is 0 Å². The summed E-state index contributed by atoms with van der Waals surface area (Å²) in [7, 11) is 1.32. The summed E-state index contributed by atoms with van der Waals surface area (Å²) in [6, 6.07) is 0. The standard InChI is InChI=1S/C10H12O5S/c1-12-10(11)4-13-2-7-3-14-8-5-16-6-9(8)15-7/h5-7H,2-4H2,1H3. The highest BCUT2D eigenvalue weighted by Crippen LogP contribution is 2.35. The molecule has 1 atom stereocenters. The Balaban J connectivity index is 1.75. The van der Waals surface area contributed by atoms with E-state index in [2.05, 4.69) is 4.74 Å². The minimum Gasteiger partial charge on any atom is -0.485 e. The molecule has 0 aromatic carbocycles. The Labute approximate surface area is 96.9 Å². The molecule has 0 fully saturated rings. The van der Waals surface area contributed by atoms with Gasteiger partial charge < -0.3 is 18.9 Å². The van der Waals surface area contributed by atoms with Crippen LogP contribution in [-0.4, -0.2) is 39.0 Å². The fourth-order valence-electron chi connectivity index (χ4n) is 1.28. The third-order valence-corrected chi connectivity index (χ3v) is 2.76. The molecule has 0 saturated carbocycles. The summed E-state index contributed by atoms with van der Waals surface area (Å²) in [5.41, 5.74) is 0. The topological polar surface area (TPSA) is 54.0 Å². The number of hydrogen-bond donors (Lipinski definition) is 0. The lowest BCUT2D eigenvalue weighted by atomic mass is 10.3. The highest BCUT2D eigenvalue weighted by Gasteiger charge is 2.22. The van der Waals surface area contributed by atoms with Crippen molar-refractivity contribution >= 4 is 17.3 Å². The first-order chi connectivity index (χ1) is 7.79. The van der Waals surface area contributed by atoms with E-state index in [4.69, 9.17) is 14.2 Å². The molecule has 6 heteroatoms. The van der Waals surface area contributed by atoms with Gasteiger partial charge in [0.2, 0.25) is 0 Å². The lowest BCUT2D eigenvalue weighted by Gasteiger charge is -2.24. The lowest BCUT2D eigenvalue weighted by molar-refractivity contribution is -0.147. The van der Waals surface area contributed by atoms with Gasteiger partial charge >= 0.3 is 5.97 Å². The minimum absolute atomic E-state index is 0.0626. The van der Waals surface area contributed by atoms with Gasteiger partial charge in [-0.2, -0.15) is 0 Å². The molecule has 0 amide bonds. The van der Waals surface area contributed by atoms with Crippen molar-refractivity contribution in [2.75, 3.05) is 26.9 Å². The lowest BCUT2D eigenvalue weighted by Crippen LogP contribution is -2.33. The molecule has 0 aliphatic carbocycles. The van der Waals surface area contributed by atoms with Crippen LogP contribution in [0.4, 0.5) is 0 Å². The second-order valence-electron chi connectivity index (χ2n) is 3.24. The summed E-state index contributed by atoms with van der Waals surface area (Å²) in [6.45, 7) is 0.683. The molecule has 1 unspecified atom stereocenters. The summed E-state index contributed by atoms with van der Waals surface area (Å²) < 4.78 is 20.6. The minimum atomic E-state index is -0.395. The molecular weight excluding hydrogens is 232 g/mol. The van der Waals surface area contributed by atoms with E-state index >= 15 is 0 Å². The number of thiophene rings is 1. The van der Waals surface area contributed by atoms with Crippen molar-refractivity contribution in [3.05, 3.63) is 10.8 Å². The Bertz CT molecular complexity index is 362. The van der Waals surface area contributed by atoms with Gasteiger partial charge in [-0.1, -0.05) is 0 Å². The Kier molecular flexibility index (Phi) is 3.63. The zero-order valence-electron chi connectivity index (χ0n) is 8.80. The van der Waals surface area contributed by atoms with Crippen molar-refractivity contribution in [2.24, 2.45) is 0 Å². The molecule has 0 spiro atoms. The largest absolute Gasteiger partial charge is 0.485 e. The maximum Gasteiger partial charge on any atom is 0.331 e. The average Bonchev–Trinajstić information content (AvgIpc) is 2.76. The van der Waals surface area contributed by atoms with Gasteiger partial charge in [-0.25, -0.2) is 4.79 Å².